The van der Waals surface area contributed by atoms with Gasteiger partial charge in [0, 0.05) is 47.0 Å². The van der Waals surface area contributed by atoms with Crippen molar-refractivity contribution in [1.82, 2.24) is 14.1 Å². The van der Waals surface area contributed by atoms with Crippen molar-refractivity contribution in [3.05, 3.63) is 199 Å². The predicted molar refractivity (Wildman–Crippen MR) is 271 cm³/mol. The van der Waals surface area contributed by atoms with Crippen molar-refractivity contribution in [2.75, 3.05) is 0 Å². The minimum atomic E-state index is -1.59. The van der Waals surface area contributed by atoms with E-state index >= 15 is 0 Å². The maximum absolute atomic E-state index is 9.03. The Morgan fingerprint density at radius 3 is 1.88 bits per heavy atom. The van der Waals surface area contributed by atoms with Gasteiger partial charge in [-0.05, 0) is 90.8 Å². The van der Waals surface area contributed by atoms with Gasteiger partial charge in [0.05, 0.1) is 16.7 Å². The molecule has 0 spiro atoms. The normalized spacial score (nSPS) is 12.9. The fourth-order valence-corrected chi connectivity index (χ4v) is 8.93. The van der Waals surface area contributed by atoms with E-state index in [0.717, 1.165) is 66.5 Å². The number of rotatable bonds is 8. The molecule has 67 heavy (non-hydrogen) atoms. The summed E-state index contributed by atoms with van der Waals surface area (Å²) in [4.78, 5) is 4.78. The Kier molecular flexibility index (Phi) is 11.3. The molecule has 0 amide bonds. The quantitative estimate of drug-likeness (QED) is 0.112. The largest absolute Gasteiger partial charge is 0.510 e. The summed E-state index contributed by atoms with van der Waals surface area (Å²) in [7, 11) is 0. The van der Waals surface area contributed by atoms with Crippen LogP contribution >= 0.6 is 0 Å². The van der Waals surface area contributed by atoms with Crippen LogP contribution in [0.2, 0.25) is 0 Å². The second kappa shape index (κ2) is 17.6. The smallest absolute Gasteiger partial charge is 0.268 e. The first-order chi connectivity index (χ1) is 32.4. The van der Waals surface area contributed by atoms with Gasteiger partial charge in [0.1, 0.15) is 5.82 Å². The Balaban J connectivity index is 0.00000593. The van der Waals surface area contributed by atoms with Gasteiger partial charge in [0.25, 0.3) is 6.33 Å². The molecule has 0 radical (unpaired) electrons. The summed E-state index contributed by atoms with van der Waals surface area (Å²) in [5.74, 6) is 1.65. The molecule has 0 fully saturated rings. The number of imidazole rings is 1. The van der Waals surface area contributed by atoms with Crippen LogP contribution in [0.25, 0.3) is 72.3 Å². The third-order valence-corrected chi connectivity index (χ3v) is 12.2. The zero-order chi connectivity index (χ0) is 47.8. The summed E-state index contributed by atoms with van der Waals surface area (Å²) < 4.78 is 31.0. The van der Waals surface area contributed by atoms with E-state index in [2.05, 4.69) is 178 Å². The maximum atomic E-state index is 9.03. The van der Waals surface area contributed by atoms with Crippen molar-refractivity contribution in [2.45, 2.75) is 79.5 Å². The second-order valence-electron chi connectivity index (χ2n) is 20.3. The summed E-state index contributed by atoms with van der Waals surface area (Å²) in [6.45, 7) is 19.3. The van der Waals surface area contributed by atoms with Gasteiger partial charge >= 0.3 is 0 Å². The second-order valence-corrected chi connectivity index (χ2v) is 20.3. The molecule has 3 heterocycles. The Labute approximate surface area is 412 Å². The van der Waals surface area contributed by atoms with Crippen molar-refractivity contribution < 1.29 is 33.1 Å². The van der Waals surface area contributed by atoms with Crippen LogP contribution in [0.3, 0.4) is 0 Å². The molecule has 10 aromatic rings. The number of ether oxygens (including phenoxy) is 1. The van der Waals surface area contributed by atoms with E-state index in [1.54, 1.807) is 12.3 Å². The van der Waals surface area contributed by atoms with Crippen molar-refractivity contribution in [2.24, 2.45) is 5.41 Å². The van der Waals surface area contributed by atoms with Crippen LogP contribution in [-0.2, 0) is 38.3 Å². The standard InChI is InChI=1S/C61H56N4O.Pt/c1-59(2,3)39-41-32-33-62-57(34-41)65-53-27-11-10-24-51(53)52-31-30-48(38-56(52)65)66-47-23-16-22-46(37-47)63-40-64(55-29-13-12-28-54(55)63)58-49(42-18-14-20-44(35-42)60(4,5)6)25-17-26-50(58)43-19-15-21-45(36-43)61(7,8)9;/h10-36H,39H2,1-9H3;/q-2;/i39D2;. The van der Waals surface area contributed by atoms with Crippen LogP contribution in [0.4, 0.5) is 0 Å². The number of nitrogens with zero attached hydrogens (tertiary/aromatic N) is 4. The summed E-state index contributed by atoms with van der Waals surface area (Å²) >= 11 is 0. The van der Waals surface area contributed by atoms with Gasteiger partial charge in [-0.3, -0.25) is 4.57 Å². The predicted octanol–water partition coefficient (Wildman–Crippen LogP) is 15.1. The molecular weight excluding hydrogens is 1000 g/mol. The van der Waals surface area contributed by atoms with Gasteiger partial charge in [-0.25, -0.2) is 4.98 Å². The van der Waals surface area contributed by atoms with Gasteiger partial charge < -0.3 is 13.9 Å². The van der Waals surface area contributed by atoms with Crippen LogP contribution in [-0.4, -0.2) is 14.1 Å². The average Bonchev–Trinajstić information content (AvgIpc) is 3.86. The van der Waals surface area contributed by atoms with Gasteiger partial charge in [-0.2, -0.15) is 18.2 Å². The molecular formula is C61H56N4OPt-2. The Morgan fingerprint density at radius 1 is 0.597 bits per heavy atom. The molecule has 7 aromatic carbocycles. The van der Waals surface area contributed by atoms with E-state index in [0.29, 0.717) is 22.9 Å². The maximum Gasteiger partial charge on any atom is 0.268 e. The van der Waals surface area contributed by atoms with E-state index in [9.17, 15) is 0 Å². The van der Waals surface area contributed by atoms with Gasteiger partial charge in [-0.1, -0.05) is 177 Å². The molecule has 0 atom stereocenters. The summed E-state index contributed by atoms with van der Waals surface area (Å²) in [5, 5.41) is 2.03. The summed E-state index contributed by atoms with van der Waals surface area (Å²) in [5.41, 5.74) is 12.4. The van der Waals surface area contributed by atoms with Crippen LogP contribution in [0.15, 0.2) is 164 Å². The number of hydrogen-bond acceptors (Lipinski definition) is 2. The Bertz CT molecular complexity index is 3470. The van der Waals surface area contributed by atoms with E-state index in [1.165, 1.54) is 11.1 Å². The number of fused-ring (bicyclic) bond motifs is 4. The van der Waals surface area contributed by atoms with Crippen molar-refractivity contribution in [1.29, 1.82) is 0 Å². The summed E-state index contributed by atoms with van der Waals surface area (Å²) in [6, 6.07) is 61.8. The zero-order valence-electron chi connectivity index (χ0n) is 41.6. The van der Waals surface area contributed by atoms with E-state index < -0.39 is 11.8 Å². The van der Waals surface area contributed by atoms with Crippen molar-refractivity contribution >= 4 is 32.8 Å². The first-order valence-electron chi connectivity index (χ1n) is 23.8. The van der Waals surface area contributed by atoms with Crippen LogP contribution in [0.1, 0.15) is 81.7 Å². The zero-order valence-corrected chi connectivity index (χ0v) is 41.9. The average molecular weight is 1060 g/mol. The molecule has 10 rings (SSSR count). The number of hydrogen-bond donors (Lipinski definition) is 0. The van der Waals surface area contributed by atoms with Crippen LogP contribution in [0, 0.1) is 23.9 Å². The van der Waals surface area contributed by atoms with Crippen molar-refractivity contribution in [3.63, 3.8) is 0 Å². The monoisotopic (exact) mass is 1060 g/mol. The molecule has 0 saturated carbocycles. The minimum absolute atomic E-state index is 0. The SMILES string of the molecule is [2H]C([2H])(c1ccnc(-n2c3[c-]c(Oc4[c-]c(-n5[c-][n+](-c6c(-c7cccc(C(C)(C)C)c7)cccc6-c6cccc(C(C)(C)C)c6)c6ccccc65)ccc4)ccc3c3ccccc32)c1)C(C)(C)C.[Pt]. The van der Waals surface area contributed by atoms with Crippen LogP contribution in [0.5, 0.6) is 11.5 Å². The van der Waals surface area contributed by atoms with Gasteiger partial charge in [-0.15, -0.1) is 29.7 Å². The molecule has 5 nitrogen and oxygen atoms in total. The number of para-hydroxylation sites is 4. The van der Waals surface area contributed by atoms with E-state index in [4.69, 9.17) is 12.5 Å². The third-order valence-electron chi connectivity index (χ3n) is 12.2. The first-order valence-corrected chi connectivity index (χ1v) is 22.8. The van der Waals surface area contributed by atoms with E-state index in [-0.39, 0.29) is 31.9 Å². The topological polar surface area (TPSA) is 35.9 Å². The number of aromatic nitrogens is 4. The summed E-state index contributed by atoms with van der Waals surface area (Å²) in [6.07, 6.45) is 3.91. The Hall–Kier alpha value is -6.55. The number of benzene rings is 7. The molecule has 0 aliphatic heterocycles. The van der Waals surface area contributed by atoms with E-state index in [1.807, 2.05) is 67.8 Å². The Morgan fingerprint density at radius 2 is 1.21 bits per heavy atom. The molecule has 0 saturated heterocycles. The molecule has 0 aliphatic rings. The fourth-order valence-electron chi connectivity index (χ4n) is 8.93. The van der Waals surface area contributed by atoms with Gasteiger partial charge in [0.2, 0.25) is 0 Å². The van der Waals surface area contributed by atoms with Crippen molar-refractivity contribution in [3.8, 4) is 50.9 Å². The molecule has 0 unspecified atom stereocenters. The third kappa shape index (κ3) is 9.02. The number of pyridine rings is 1. The molecule has 0 N–H and O–H groups in total. The molecule has 6 heteroatoms. The van der Waals surface area contributed by atoms with Crippen LogP contribution < -0.4 is 9.30 Å². The minimum Gasteiger partial charge on any atom is -0.510 e. The van der Waals surface area contributed by atoms with Gasteiger partial charge in [0.15, 0.2) is 0 Å². The molecule has 338 valence electrons. The fraction of sp³-hybridized carbons (Fsp3) is 0.213. The first kappa shape index (κ1) is 43.0. The molecule has 3 aromatic heterocycles. The molecule has 0 aliphatic carbocycles. The molecule has 0 bridgehead atoms.